The lowest BCUT2D eigenvalue weighted by atomic mass is 10.0. The number of amides is 3. The Morgan fingerprint density at radius 3 is 2.39 bits per heavy atom. The van der Waals surface area contributed by atoms with E-state index >= 15 is 0 Å². The first-order valence-corrected chi connectivity index (χ1v) is 12.8. The summed E-state index contributed by atoms with van der Waals surface area (Å²) in [5.74, 6) is -2.28. The monoisotopic (exact) mass is 503 g/mol. The Kier molecular flexibility index (Phi) is 11.8. The molecule has 0 aliphatic carbocycles. The quantitative estimate of drug-likeness (QED) is 0.234. The molecule has 0 bridgehead atoms. The zero-order chi connectivity index (χ0) is 26.7. The fourth-order valence-electron chi connectivity index (χ4n) is 4.43. The number of aliphatic carboxylic acids is 1. The molecule has 1 aliphatic heterocycles. The average Bonchev–Trinajstić information content (AvgIpc) is 3.33. The molecule has 0 aromatic heterocycles. The number of benzene rings is 1. The van der Waals surface area contributed by atoms with Gasteiger partial charge in [-0.05, 0) is 50.1 Å². The number of nitrogens with one attached hydrogen (secondary N) is 2. The first-order chi connectivity index (χ1) is 17.1. The highest BCUT2D eigenvalue weighted by Crippen LogP contribution is 2.21. The molecule has 10 heteroatoms. The summed E-state index contributed by atoms with van der Waals surface area (Å²) in [6.07, 6.45) is 3.53. The van der Waals surface area contributed by atoms with Gasteiger partial charge in [0.05, 0.1) is 6.04 Å². The third-order valence-electron chi connectivity index (χ3n) is 6.36. The Labute approximate surface area is 213 Å². The minimum atomic E-state index is -1.14. The highest BCUT2D eigenvalue weighted by Gasteiger charge is 2.39. The van der Waals surface area contributed by atoms with Crippen molar-refractivity contribution in [3.63, 3.8) is 0 Å². The highest BCUT2D eigenvalue weighted by molar-refractivity contribution is 5.94. The van der Waals surface area contributed by atoms with Gasteiger partial charge in [-0.15, -0.1) is 0 Å². The first kappa shape index (κ1) is 29.3. The molecule has 1 aliphatic rings. The molecule has 1 aromatic rings. The van der Waals surface area contributed by atoms with Crippen molar-refractivity contribution in [1.29, 1.82) is 0 Å². The number of unbranched alkanes of at least 4 members (excludes halogenated alkanes) is 1. The minimum absolute atomic E-state index is 0.116. The first-order valence-electron chi connectivity index (χ1n) is 12.8. The molecule has 4 atom stereocenters. The van der Waals surface area contributed by atoms with Crippen LogP contribution in [-0.2, 0) is 25.6 Å². The maximum absolute atomic E-state index is 13.5. The smallest absolute Gasteiger partial charge is 0.326 e. The number of carbonyl (C=O) groups is 4. The SMILES string of the molecule is CC(C)CC(NC(=O)C(N)CCCCN)C(=O)N1CCCC1C(=O)NC(Cc1ccccc1)C(=O)O. The number of carboxylic acids is 1. The Morgan fingerprint density at radius 2 is 1.78 bits per heavy atom. The summed E-state index contributed by atoms with van der Waals surface area (Å²) >= 11 is 0. The second-order valence-electron chi connectivity index (χ2n) is 9.86. The van der Waals surface area contributed by atoms with Crippen LogP contribution in [0.4, 0.5) is 0 Å². The molecule has 2 rings (SSSR count). The molecule has 1 fully saturated rings. The number of carbonyl (C=O) groups excluding carboxylic acids is 3. The number of nitrogens with two attached hydrogens (primary N) is 2. The summed E-state index contributed by atoms with van der Waals surface area (Å²) in [4.78, 5) is 52.5. The van der Waals surface area contributed by atoms with Crippen molar-refractivity contribution < 1.29 is 24.3 Å². The van der Waals surface area contributed by atoms with Crippen LogP contribution in [0.15, 0.2) is 30.3 Å². The largest absolute Gasteiger partial charge is 0.480 e. The van der Waals surface area contributed by atoms with Gasteiger partial charge in [-0.25, -0.2) is 4.79 Å². The molecule has 3 amide bonds. The van der Waals surface area contributed by atoms with Crippen molar-refractivity contribution >= 4 is 23.7 Å². The van der Waals surface area contributed by atoms with E-state index in [4.69, 9.17) is 11.5 Å². The maximum Gasteiger partial charge on any atom is 0.326 e. The van der Waals surface area contributed by atoms with Crippen LogP contribution in [0.25, 0.3) is 0 Å². The van der Waals surface area contributed by atoms with Gasteiger partial charge in [0.15, 0.2) is 0 Å². The number of nitrogens with zero attached hydrogens (tertiary/aromatic N) is 1. The Hall–Kier alpha value is -2.98. The Bertz CT molecular complexity index is 879. The van der Waals surface area contributed by atoms with Crippen molar-refractivity contribution in [3.05, 3.63) is 35.9 Å². The molecule has 0 saturated carbocycles. The zero-order valence-electron chi connectivity index (χ0n) is 21.3. The topological polar surface area (TPSA) is 168 Å². The molecule has 10 nitrogen and oxygen atoms in total. The van der Waals surface area contributed by atoms with E-state index in [1.807, 2.05) is 19.9 Å². The van der Waals surface area contributed by atoms with Gasteiger partial charge in [0.25, 0.3) is 0 Å². The second-order valence-corrected chi connectivity index (χ2v) is 9.86. The maximum atomic E-state index is 13.5. The van der Waals surface area contributed by atoms with E-state index < -0.39 is 42.0 Å². The second kappa shape index (κ2) is 14.5. The summed E-state index contributed by atoms with van der Waals surface area (Å²) in [5.41, 5.74) is 12.3. The fraction of sp³-hybridized carbons (Fsp3) is 0.615. The highest BCUT2D eigenvalue weighted by atomic mass is 16.4. The van der Waals surface area contributed by atoms with Crippen LogP contribution in [-0.4, -0.2) is 71.0 Å². The molecular formula is C26H41N5O5. The van der Waals surface area contributed by atoms with E-state index in [1.54, 1.807) is 24.3 Å². The van der Waals surface area contributed by atoms with Gasteiger partial charge >= 0.3 is 5.97 Å². The lowest BCUT2D eigenvalue weighted by Crippen LogP contribution is -2.57. The van der Waals surface area contributed by atoms with Gasteiger partial charge in [0.1, 0.15) is 18.1 Å². The number of rotatable bonds is 14. The van der Waals surface area contributed by atoms with Crippen LogP contribution in [0.1, 0.15) is 57.9 Å². The van der Waals surface area contributed by atoms with Crippen LogP contribution >= 0.6 is 0 Å². The number of likely N-dealkylation sites (tertiary alicyclic amines) is 1. The lowest BCUT2D eigenvalue weighted by molar-refractivity contribution is -0.145. The van der Waals surface area contributed by atoms with E-state index in [0.29, 0.717) is 38.8 Å². The van der Waals surface area contributed by atoms with Gasteiger partial charge in [0, 0.05) is 13.0 Å². The van der Waals surface area contributed by atoms with Crippen molar-refractivity contribution in [2.24, 2.45) is 17.4 Å². The predicted octanol–water partition coefficient (Wildman–Crippen LogP) is 0.777. The van der Waals surface area contributed by atoms with Gasteiger partial charge in [-0.2, -0.15) is 0 Å². The molecule has 0 radical (unpaired) electrons. The Balaban J connectivity index is 2.08. The molecule has 4 unspecified atom stereocenters. The van der Waals surface area contributed by atoms with Crippen LogP contribution < -0.4 is 22.1 Å². The van der Waals surface area contributed by atoms with Crippen LogP contribution in [0.2, 0.25) is 0 Å². The summed E-state index contributed by atoms with van der Waals surface area (Å²) in [7, 11) is 0. The molecule has 1 heterocycles. The van der Waals surface area contributed by atoms with Gasteiger partial charge in [0.2, 0.25) is 17.7 Å². The molecule has 0 spiro atoms. The third kappa shape index (κ3) is 8.91. The van der Waals surface area contributed by atoms with E-state index in [2.05, 4.69) is 10.6 Å². The summed E-state index contributed by atoms with van der Waals surface area (Å²) in [6, 6.07) is 5.58. The Morgan fingerprint density at radius 1 is 1.08 bits per heavy atom. The van der Waals surface area contributed by atoms with E-state index in [9.17, 15) is 24.3 Å². The molecular weight excluding hydrogens is 462 g/mol. The predicted molar refractivity (Wildman–Crippen MR) is 137 cm³/mol. The van der Waals surface area contributed by atoms with Crippen molar-refractivity contribution in [1.82, 2.24) is 15.5 Å². The standard InChI is InChI=1S/C26H41N5O5/c1-17(2)15-20(29-23(32)19(28)11-6-7-13-27)25(34)31-14-8-12-22(31)24(33)30-21(26(35)36)16-18-9-4-3-5-10-18/h3-5,9-10,17,19-22H,6-8,11-16,27-28H2,1-2H3,(H,29,32)(H,30,33)(H,35,36). The van der Waals surface area contributed by atoms with Crippen LogP contribution in [0.3, 0.4) is 0 Å². The minimum Gasteiger partial charge on any atom is -0.480 e. The van der Waals surface area contributed by atoms with Gasteiger partial charge in [-0.3, -0.25) is 14.4 Å². The summed E-state index contributed by atoms with van der Waals surface area (Å²) in [6.45, 7) is 4.78. The van der Waals surface area contributed by atoms with Crippen molar-refractivity contribution in [2.45, 2.75) is 83.0 Å². The molecule has 200 valence electrons. The third-order valence-corrected chi connectivity index (χ3v) is 6.36. The van der Waals surface area contributed by atoms with E-state index in [-0.39, 0.29) is 18.2 Å². The number of hydrogen-bond acceptors (Lipinski definition) is 6. The fourth-order valence-corrected chi connectivity index (χ4v) is 4.43. The normalized spacial score (nSPS) is 17.9. The molecule has 1 aromatic carbocycles. The van der Waals surface area contributed by atoms with E-state index in [0.717, 1.165) is 18.4 Å². The van der Waals surface area contributed by atoms with E-state index in [1.165, 1.54) is 4.90 Å². The van der Waals surface area contributed by atoms with Crippen molar-refractivity contribution in [3.8, 4) is 0 Å². The van der Waals surface area contributed by atoms with Gasteiger partial charge < -0.3 is 32.1 Å². The summed E-state index contributed by atoms with van der Waals surface area (Å²) < 4.78 is 0. The molecule has 1 saturated heterocycles. The molecule has 7 N–H and O–H groups in total. The van der Waals surface area contributed by atoms with Crippen LogP contribution in [0, 0.1) is 5.92 Å². The van der Waals surface area contributed by atoms with Crippen LogP contribution in [0.5, 0.6) is 0 Å². The zero-order valence-corrected chi connectivity index (χ0v) is 21.3. The lowest BCUT2D eigenvalue weighted by Gasteiger charge is -2.30. The van der Waals surface area contributed by atoms with Gasteiger partial charge in [-0.1, -0.05) is 50.6 Å². The average molecular weight is 504 g/mol. The number of hydrogen-bond donors (Lipinski definition) is 5. The summed E-state index contributed by atoms with van der Waals surface area (Å²) in [5, 5.41) is 15.1. The molecule has 36 heavy (non-hydrogen) atoms. The van der Waals surface area contributed by atoms with Crippen molar-refractivity contribution in [2.75, 3.05) is 13.1 Å². The number of carboxylic acid groups (broad SMARTS) is 1.